The summed E-state index contributed by atoms with van der Waals surface area (Å²) in [4.78, 5) is 24.4. The molecular weight excluding hydrogens is 343 g/mol. The van der Waals surface area contributed by atoms with E-state index in [0.29, 0.717) is 6.54 Å². The van der Waals surface area contributed by atoms with Crippen molar-refractivity contribution in [2.24, 2.45) is 0 Å². The summed E-state index contributed by atoms with van der Waals surface area (Å²) in [6.45, 7) is 2.42. The molecule has 1 aliphatic rings. The first-order valence-electron chi connectivity index (χ1n) is 8.02. The number of carbonyl (C=O) groups is 1. The van der Waals surface area contributed by atoms with Crippen molar-refractivity contribution in [3.8, 4) is 5.75 Å². The molecule has 2 atom stereocenters. The van der Waals surface area contributed by atoms with Crippen LogP contribution in [0.3, 0.4) is 0 Å². The number of phenols is 1. The number of nitro groups is 1. The van der Waals surface area contributed by atoms with Crippen LogP contribution in [0.25, 0.3) is 0 Å². The van der Waals surface area contributed by atoms with E-state index in [0.717, 1.165) is 17.7 Å². The summed E-state index contributed by atoms with van der Waals surface area (Å²) < 4.78 is 19.0. The first kappa shape index (κ1) is 17.8. The largest absolute Gasteiger partial charge is 0.502 e. The van der Waals surface area contributed by atoms with Crippen LogP contribution in [0, 0.1) is 15.9 Å². The van der Waals surface area contributed by atoms with Gasteiger partial charge in [-0.1, -0.05) is 12.1 Å². The van der Waals surface area contributed by atoms with E-state index < -0.39 is 22.5 Å². The Balaban J connectivity index is 1.81. The zero-order valence-electron chi connectivity index (χ0n) is 14.0. The summed E-state index contributed by atoms with van der Waals surface area (Å²) >= 11 is 0. The number of morpholine rings is 1. The Kier molecular flexibility index (Phi) is 4.85. The zero-order valence-corrected chi connectivity index (χ0v) is 14.0. The van der Waals surface area contributed by atoms with Crippen LogP contribution in [-0.2, 0) is 4.74 Å². The van der Waals surface area contributed by atoms with Crippen molar-refractivity contribution < 1.29 is 24.0 Å². The van der Waals surface area contributed by atoms with Gasteiger partial charge in [-0.25, -0.2) is 4.39 Å². The number of carbonyl (C=O) groups excluding carboxylic acids is 1. The number of amides is 1. The van der Waals surface area contributed by atoms with Gasteiger partial charge < -0.3 is 14.7 Å². The maximum absolute atomic E-state index is 13.1. The first-order valence-corrected chi connectivity index (χ1v) is 8.02. The lowest BCUT2D eigenvalue weighted by molar-refractivity contribution is -0.385. The fourth-order valence-corrected chi connectivity index (χ4v) is 2.97. The molecule has 0 aromatic heterocycles. The number of hydrogen-bond acceptors (Lipinski definition) is 5. The highest BCUT2D eigenvalue weighted by molar-refractivity contribution is 5.95. The molecule has 0 radical (unpaired) electrons. The molecule has 1 N–H and O–H groups in total. The summed E-state index contributed by atoms with van der Waals surface area (Å²) in [6.07, 6.45) is -0.649. The van der Waals surface area contributed by atoms with Crippen molar-refractivity contribution >= 4 is 11.6 Å². The van der Waals surface area contributed by atoms with Crippen LogP contribution in [0.2, 0.25) is 0 Å². The first-order chi connectivity index (χ1) is 12.3. The second-order valence-corrected chi connectivity index (χ2v) is 6.16. The van der Waals surface area contributed by atoms with E-state index in [1.54, 1.807) is 17.0 Å². The molecule has 0 aliphatic carbocycles. The quantitative estimate of drug-likeness (QED) is 0.671. The molecule has 2 aromatic rings. The smallest absolute Gasteiger partial charge is 0.310 e. The summed E-state index contributed by atoms with van der Waals surface area (Å²) in [5.74, 6) is -1.28. The van der Waals surface area contributed by atoms with E-state index in [2.05, 4.69) is 0 Å². The third-order valence-corrected chi connectivity index (χ3v) is 4.21. The number of phenolic OH excluding ortho intramolecular Hbond substituents is 1. The number of halogens is 1. The molecule has 0 spiro atoms. The molecule has 1 aliphatic heterocycles. The van der Waals surface area contributed by atoms with E-state index >= 15 is 0 Å². The average molecular weight is 360 g/mol. The Hall–Kier alpha value is -3.00. The van der Waals surface area contributed by atoms with Crippen LogP contribution in [0.4, 0.5) is 10.1 Å². The van der Waals surface area contributed by atoms with E-state index in [1.165, 1.54) is 18.2 Å². The van der Waals surface area contributed by atoms with Gasteiger partial charge in [0.1, 0.15) is 11.9 Å². The SMILES string of the molecule is C[C@H]1CN(C(=O)c2ccc([N+](=O)[O-])c(O)c2)C[C@H](c2ccc(F)cc2)O1. The van der Waals surface area contributed by atoms with Gasteiger partial charge in [0.2, 0.25) is 0 Å². The van der Waals surface area contributed by atoms with E-state index in [1.807, 2.05) is 6.92 Å². The standard InChI is InChI=1S/C18H17FN2O5/c1-11-9-20(10-17(26-11)12-2-5-14(19)6-3-12)18(23)13-4-7-15(21(24)25)16(22)8-13/h2-8,11,17,22H,9-10H2,1H3/t11-,17+/m0/s1. The molecule has 1 heterocycles. The van der Waals surface area contributed by atoms with Crippen molar-refractivity contribution in [2.45, 2.75) is 19.1 Å². The van der Waals surface area contributed by atoms with Gasteiger partial charge in [-0.15, -0.1) is 0 Å². The Morgan fingerprint density at radius 1 is 1.27 bits per heavy atom. The molecule has 1 saturated heterocycles. The second-order valence-electron chi connectivity index (χ2n) is 6.16. The minimum absolute atomic E-state index is 0.153. The number of hydrogen-bond donors (Lipinski definition) is 1. The van der Waals surface area contributed by atoms with Crippen molar-refractivity contribution in [3.05, 3.63) is 69.5 Å². The number of rotatable bonds is 3. The minimum Gasteiger partial charge on any atom is -0.502 e. The topological polar surface area (TPSA) is 92.9 Å². The number of ether oxygens (including phenoxy) is 1. The van der Waals surface area contributed by atoms with Crippen molar-refractivity contribution in [3.63, 3.8) is 0 Å². The third-order valence-electron chi connectivity index (χ3n) is 4.21. The highest BCUT2D eigenvalue weighted by Crippen LogP contribution is 2.29. The van der Waals surface area contributed by atoms with Gasteiger partial charge >= 0.3 is 5.69 Å². The lowest BCUT2D eigenvalue weighted by atomic mass is 10.1. The zero-order chi connectivity index (χ0) is 18.8. The molecule has 136 valence electrons. The molecule has 7 nitrogen and oxygen atoms in total. The third kappa shape index (κ3) is 3.65. The molecule has 8 heteroatoms. The Labute approximate surface area is 148 Å². The average Bonchev–Trinajstić information content (AvgIpc) is 2.60. The van der Waals surface area contributed by atoms with Crippen molar-refractivity contribution in [1.29, 1.82) is 0 Å². The molecule has 1 fully saturated rings. The summed E-state index contributed by atoms with van der Waals surface area (Å²) in [5.41, 5.74) is 0.448. The van der Waals surface area contributed by atoms with Crippen LogP contribution in [0.1, 0.15) is 28.9 Å². The highest BCUT2D eigenvalue weighted by Gasteiger charge is 2.30. The van der Waals surface area contributed by atoms with E-state index in [9.17, 15) is 24.4 Å². The van der Waals surface area contributed by atoms with Gasteiger partial charge in [0, 0.05) is 18.2 Å². The summed E-state index contributed by atoms with van der Waals surface area (Å²) in [7, 11) is 0. The van der Waals surface area contributed by atoms with Crippen LogP contribution in [-0.4, -0.2) is 40.0 Å². The second kappa shape index (κ2) is 7.09. The molecule has 0 bridgehead atoms. The molecule has 3 rings (SSSR count). The lowest BCUT2D eigenvalue weighted by Gasteiger charge is -2.37. The molecule has 2 aromatic carbocycles. The van der Waals surface area contributed by atoms with Crippen molar-refractivity contribution in [1.82, 2.24) is 4.90 Å². The van der Waals surface area contributed by atoms with E-state index in [4.69, 9.17) is 4.74 Å². The number of aromatic hydroxyl groups is 1. The summed E-state index contributed by atoms with van der Waals surface area (Å²) in [6, 6.07) is 9.39. The summed E-state index contributed by atoms with van der Waals surface area (Å²) in [5, 5.41) is 20.5. The Morgan fingerprint density at radius 2 is 1.96 bits per heavy atom. The molecule has 1 amide bonds. The predicted octanol–water partition coefficient (Wildman–Crippen LogP) is 3.04. The molecular formula is C18H17FN2O5. The highest BCUT2D eigenvalue weighted by atomic mass is 19.1. The van der Waals surface area contributed by atoms with Crippen LogP contribution >= 0.6 is 0 Å². The lowest BCUT2D eigenvalue weighted by Crippen LogP contribution is -2.45. The van der Waals surface area contributed by atoms with Crippen LogP contribution in [0.5, 0.6) is 5.75 Å². The number of nitrogens with zero attached hydrogens (tertiary/aromatic N) is 2. The molecule has 0 unspecified atom stereocenters. The van der Waals surface area contributed by atoms with Crippen LogP contribution < -0.4 is 0 Å². The number of nitro benzene ring substituents is 1. The van der Waals surface area contributed by atoms with Crippen LogP contribution in [0.15, 0.2) is 42.5 Å². The van der Waals surface area contributed by atoms with Gasteiger partial charge in [-0.3, -0.25) is 14.9 Å². The van der Waals surface area contributed by atoms with Gasteiger partial charge in [-0.2, -0.15) is 0 Å². The van der Waals surface area contributed by atoms with Gasteiger partial charge in [0.15, 0.2) is 5.75 Å². The van der Waals surface area contributed by atoms with Gasteiger partial charge in [0.05, 0.1) is 17.6 Å². The normalized spacial score (nSPS) is 20.0. The van der Waals surface area contributed by atoms with Gasteiger partial charge in [-0.05, 0) is 36.8 Å². The Morgan fingerprint density at radius 3 is 2.58 bits per heavy atom. The molecule has 0 saturated carbocycles. The molecule has 26 heavy (non-hydrogen) atoms. The monoisotopic (exact) mass is 360 g/mol. The maximum atomic E-state index is 13.1. The minimum atomic E-state index is -0.717. The number of benzene rings is 2. The van der Waals surface area contributed by atoms with E-state index in [-0.39, 0.29) is 29.9 Å². The maximum Gasteiger partial charge on any atom is 0.310 e. The predicted molar refractivity (Wildman–Crippen MR) is 90.4 cm³/mol. The van der Waals surface area contributed by atoms with Crippen molar-refractivity contribution in [2.75, 3.05) is 13.1 Å². The van der Waals surface area contributed by atoms with Gasteiger partial charge in [0.25, 0.3) is 5.91 Å². The fourth-order valence-electron chi connectivity index (χ4n) is 2.97. The Bertz CT molecular complexity index is 840. The fraction of sp³-hybridized carbons (Fsp3) is 0.278.